The molecule has 0 aromatic heterocycles. The molecule has 1 saturated heterocycles. The fourth-order valence-corrected chi connectivity index (χ4v) is 2.34. The van der Waals surface area contributed by atoms with E-state index in [4.69, 9.17) is 9.84 Å². The number of methoxy groups -OCH3 is 1. The van der Waals surface area contributed by atoms with Crippen LogP contribution in [-0.4, -0.2) is 35.9 Å². The van der Waals surface area contributed by atoms with Crippen molar-refractivity contribution in [2.45, 2.75) is 24.5 Å². The summed E-state index contributed by atoms with van der Waals surface area (Å²) < 4.78 is 5.06. The molecule has 5 heteroatoms. The first-order chi connectivity index (χ1) is 8.53. The molecule has 98 valence electrons. The first kappa shape index (κ1) is 12.9. The van der Waals surface area contributed by atoms with Gasteiger partial charge in [-0.05, 0) is 24.1 Å². The van der Waals surface area contributed by atoms with Gasteiger partial charge < -0.3 is 20.3 Å². The Kier molecular flexibility index (Phi) is 3.54. The summed E-state index contributed by atoms with van der Waals surface area (Å²) in [5.41, 5.74) is -0.212. The highest BCUT2D eigenvalue weighted by Gasteiger charge is 2.39. The Hall–Kier alpha value is -1.59. The monoisotopic (exact) mass is 251 g/mol. The quantitative estimate of drug-likeness (QED) is 0.735. The molecule has 3 N–H and O–H groups in total. The van der Waals surface area contributed by atoms with Gasteiger partial charge in [-0.25, -0.2) is 0 Å². The van der Waals surface area contributed by atoms with Crippen LogP contribution in [0.3, 0.4) is 0 Å². The first-order valence-electron chi connectivity index (χ1n) is 5.85. The second-order valence-electron chi connectivity index (χ2n) is 4.64. The van der Waals surface area contributed by atoms with Gasteiger partial charge in [0.15, 0.2) is 0 Å². The molecule has 1 aliphatic heterocycles. The van der Waals surface area contributed by atoms with Crippen LogP contribution in [0, 0.1) is 0 Å². The lowest BCUT2D eigenvalue weighted by atomic mass is 9.90. The highest BCUT2D eigenvalue weighted by Crippen LogP contribution is 2.32. The SMILES string of the molecule is COc1ccc([C@]2(O)CN[C@@H](CC(=O)O)C2)cc1. The maximum Gasteiger partial charge on any atom is 0.304 e. The number of carbonyl (C=O) groups is 1. The second kappa shape index (κ2) is 4.96. The van der Waals surface area contributed by atoms with Crippen molar-refractivity contribution in [3.05, 3.63) is 29.8 Å². The minimum Gasteiger partial charge on any atom is -0.497 e. The zero-order chi connectivity index (χ0) is 13.2. The average molecular weight is 251 g/mol. The highest BCUT2D eigenvalue weighted by molar-refractivity contribution is 5.67. The molecule has 1 aromatic rings. The Bertz CT molecular complexity index is 431. The van der Waals surface area contributed by atoms with Gasteiger partial charge in [0.1, 0.15) is 11.4 Å². The number of carboxylic acid groups (broad SMARTS) is 1. The molecule has 1 heterocycles. The van der Waals surface area contributed by atoms with E-state index in [0.29, 0.717) is 13.0 Å². The lowest BCUT2D eigenvalue weighted by Crippen LogP contribution is -2.28. The molecule has 0 amide bonds. The summed E-state index contributed by atoms with van der Waals surface area (Å²) in [5, 5.41) is 22.3. The van der Waals surface area contributed by atoms with Crippen molar-refractivity contribution in [3.8, 4) is 5.75 Å². The van der Waals surface area contributed by atoms with Crippen LogP contribution in [0.25, 0.3) is 0 Å². The van der Waals surface area contributed by atoms with Crippen LogP contribution in [0.2, 0.25) is 0 Å². The molecule has 0 saturated carbocycles. The lowest BCUT2D eigenvalue weighted by Gasteiger charge is -2.22. The van der Waals surface area contributed by atoms with Crippen LogP contribution < -0.4 is 10.1 Å². The van der Waals surface area contributed by atoms with Crippen molar-refractivity contribution in [3.63, 3.8) is 0 Å². The van der Waals surface area contributed by atoms with Crippen molar-refractivity contribution in [2.75, 3.05) is 13.7 Å². The second-order valence-corrected chi connectivity index (χ2v) is 4.64. The van der Waals surface area contributed by atoms with Crippen LogP contribution >= 0.6 is 0 Å². The van der Waals surface area contributed by atoms with Gasteiger partial charge in [-0.15, -0.1) is 0 Å². The number of carboxylic acids is 1. The summed E-state index contributed by atoms with van der Waals surface area (Å²) in [7, 11) is 1.59. The maximum absolute atomic E-state index is 10.6. The van der Waals surface area contributed by atoms with Gasteiger partial charge in [-0.1, -0.05) is 12.1 Å². The predicted molar refractivity (Wildman–Crippen MR) is 65.6 cm³/mol. The normalized spacial score (nSPS) is 27.1. The van der Waals surface area contributed by atoms with Crippen molar-refractivity contribution in [2.24, 2.45) is 0 Å². The molecular weight excluding hydrogens is 234 g/mol. The van der Waals surface area contributed by atoms with Gasteiger partial charge in [0.05, 0.1) is 13.5 Å². The Balaban J connectivity index is 2.09. The minimum atomic E-state index is -0.994. The summed E-state index contributed by atoms with van der Waals surface area (Å²) in [6, 6.07) is 7.01. The highest BCUT2D eigenvalue weighted by atomic mass is 16.5. The fourth-order valence-electron chi connectivity index (χ4n) is 2.34. The number of hydrogen-bond acceptors (Lipinski definition) is 4. The fraction of sp³-hybridized carbons (Fsp3) is 0.462. The Labute approximate surface area is 105 Å². The number of hydrogen-bond donors (Lipinski definition) is 3. The molecule has 1 fully saturated rings. The molecule has 1 aromatic carbocycles. The molecule has 2 atom stereocenters. The van der Waals surface area contributed by atoms with Crippen LogP contribution in [0.4, 0.5) is 0 Å². The molecule has 0 bridgehead atoms. The summed E-state index contributed by atoms with van der Waals surface area (Å²) in [6.45, 7) is 0.372. The number of ether oxygens (including phenoxy) is 1. The van der Waals surface area contributed by atoms with E-state index in [2.05, 4.69) is 5.32 Å². The van der Waals surface area contributed by atoms with E-state index in [-0.39, 0.29) is 12.5 Å². The third-order valence-electron chi connectivity index (χ3n) is 3.32. The molecule has 0 aliphatic carbocycles. The molecular formula is C13H17NO4. The zero-order valence-corrected chi connectivity index (χ0v) is 10.2. The first-order valence-corrected chi connectivity index (χ1v) is 5.85. The minimum absolute atomic E-state index is 0.0263. The van der Waals surface area contributed by atoms with E-state index in [1.165, 1.54) is 0 Å². The Morgan fingerprint density at radius 2 is 2.17 bits per heavy atom. The lowest BCUT2D eigenvalue weighted by molar-refractivity contribution is -0.137. The van der Waals surface area contributed by atoms with Crippen LogP contribution in [-0.2, 0) is 10.4 Å². The van der Waals surface area contributed by atoms with E-state index in [0.717, 1.165) is 11.3 Å². The largest absolute Gasteiger partial charge is 0.497 e. The van der Waals surface area contributed by atoms with Gasteiger partial charge >= 0.3 is 5.97 Å². The molecule has 0 radical (unpaired) electrons. The van der Waals surface area contributed by atoms with Gasteiger partial charge in [-0.3, -0.25) is 4.79 Å². The van der Waals surface area contributed by atoms with E-state index in [1.807, 2.05) is 12.1 Å². The molecule has 18 heavy (non-hydrogen) atoms. The number of rotatable bonds is 4. The molecule has 0 spiro atoms. The van der Waals surface area contributed by atoms with Crippen molar-refractivity contribution < 1.29 is 19.7 Å². The van der Waals surface area contributed by atoms with Gasteiger partial charge in [0.2, 0.25) is 0 Å². The molecule has 5 nitrogen and oxygen atoms in total. The molecule has 1 aliphatic rings. The number of β-amino-alcohol motifs (C(OH)–C–C–N with tert-alkyl or cyclic N) is 1. The van der Waals surface area contributed by atoms with E-state index < -0.39 is 11.6 Å². The van der Waals surface area contributed by atoms with Crippen molar-refractivity contribution in [1.82, 2.24) is 5.32 Å². The number of aliphatic hydroxyl groups is 1. The van der Waals surface area contributed by atoms with Crippen LogP contribution in [0.5, 0.6) is 5.75 Å². The standard InChI is InChI=1S/C13H17NO4/c1-18-11-4-2-9(3-5-11)13(17)7-10(14-8-13)6-12(15)16/h2-5,10,14,17H,6-8H2,1H3,(H,15,16)/t10-,13+/m0/s1. The van der Waals surface area contributed by atoms with Gasteiger partial charge in [0.25, 0.3) is 0 Å². The number of nitrogens with one attached hydrogen (secondary N) is 1. The molecule has 0 unspecified atom stereocenters. The number of benzene rings is 1. The topological polar surface area (TPSA) is 78.8 Å². The molecule has 2 rings (SSSR count). The Morgan fingerprint density at radius 3 is 2.72 bits per heavy atom. The van der Waals surface area contributed by atoms with E-state index >= 15 is 0 Å². The number of aliphatic carboxylic acids is 1. The summed E-state index contributed by atoms with van der Waals surface area (Å²) in [4.78, 5) is 10.6. The van der Waals surface area contributed by atoms with E-state index in [9.17, 15) is 9.90 Å². The van der Waals surface area contributed by atoms with Gasteiger partial charge in [0, 0.05) is 12.6 Å². The summed E-state index contributed by atoms with van der Waals surface area (Å²) >= 11 is 0. The average Bonchev–Trinajstić information content (AvgIpc) is 2.71. The van der Waals surface area contributed by atoms with Crippen LogP contribution in [0.1, 0.15) is 18.4 Å². The van der Waals surface area contributed by atoms with Crippen LogP contribution in [0.15, 0.2) is 24.3 Å². The van der Waals surface area contributed by atoms with Gasteiger partial charge in [-0.2, -0.15) is 0 Å². The smallest absolute Gasteiger partial charge is 0.304 e. The zero-order valence-electron chi connectivity index (χ0n) is 10.2. The third-order valence-corrected chi connectivity index (χ3v) is 3.32. The summed E-state index contributed by atoms with van der Waals surface area (Å²) in [5.74, 6) is -0.123. The maximum atomic E-state index is 10.6. The van der Waals surface area contributed by atoms with Crippen molar-refractivity contribution in [1.29, 1.82) is 0 Å². The van der Waals surface area contributed by atoms with E-state index in [1.54, 1.807) is 19.2 Å². The summed E-state index contributed by atoms with van der Waals surface area (Å²) in [6.07, 6.45) is 0.435. The third kappa shape index (κ3) is 2.63. The van der Waals surface area contributed by atoms with Crippen molar-refractivity contribution >= 4 is 5.97 Å². The predicted octanol–water partition coefficient (Wildman–Crippen LogP) is 0.719. The Morgan fingerprint density at radius 1 is 1.50 bits per heavy atom.